The number of hydrogen-bond acceptors (Lipinski definition) is 2. The molecule has 3 atom stereocenters. The van der Waals surface area contributed by atoms with Crippen LogP contribution in [-0.2, 0) is 0 Å². The molecule has 0 aromatic rings. The third-order valence-corrected chi connectivity index (χ3v) is 4.03. The molecule has 0 aromatic heterocycles. The quantitative estimate of drug-likeness (QED) is 0.524. The van der Waals surface area contributed by atoms with Crippen LogP contribution in [0.4, 0.5) is 0 Å². The van der Waals surface area contributed by atoms with Gasteiger partial charge in [0.25, 0.3) is 0 Å². The lowest BCUT2D eigenvalue weighted by atomic mass is 9.93. The van der Waals surface area contributed by atoms with Crippen molar-refractivity contribution < 1.29 is 0 Å². The Labute approximate surface area is 100 Å². The van der Waals surface area contributed by atoms with E-state index in [1.807, 2.05) is 0 Å². The highest BCUT2D eigenvalue weighted by atomic mass is 15.0. The second-order valence-corrected chi connectivity index (χ2v) is 5.75. The maximum Gasteiger partial charge on any atom is -0.00147 e. The Balaban J connectivity index is 1.48. The van der Waals surface area contributed by atoms with Crippen LogP contribution in [-0.4, -0.2) is 38.6 Å². The molecule has 0 amide bonds. The summed E-state index contributed by atoms with van der Waals surface area (Å²) >= 11 is 0. The zero-order valence-corrected chi connectivity index (χ0v) is 10.8. The van der Waals surface area contributed by atoms with Gasteiger partial charge < -0.3 is 10.2 Å². The molecule has 0 aromatic carbocycles. The minimum Gasteiger partial charge on any atom is -0.316 e. The van der Waals surface area contributed by atoms with Crippen molar-refractivity contribution in [2.75, 3.05) is 33.7 Å². The first-order valence-electron chi connectivity index (χ1n) is 6.79. The van der Waals surface area contributed by atoms with E-state index in [4.69, 9.17) is 0 Å². The number of allylic oxidation sites excluding steroid dienone is 2. The molecule has 0 spiro atoms. The molecule has 2 rings (SSSR count). The number of nitrogens with zero attached hydrogens (tertiary/aromatic N) is 1. The van der Waals surface area contributed by atoms with Crippen LogP contribution in [0.2, 0.25) is 0 Å². The van der Waals surface area contributed by atoms with Gasteiger partial charge >= 0.3 is 0 Å². The van der Waals surface area contributed by atoms with Gasteiger partial charge in [0.2, 0.25) is 0 Å². The Bertz CT molecular complexity index is 235. The summed E-state index contributed by atoms with van der Waals surface area (Å²) in [6.07, 6.45) is 10.4. The summed E-state index contributed by atoms with van der Waals surface area (Å²) in [6, 6.07) is 0. The van der Waals surface area contributed by atoms with E-state index in [1.54, 1.807) is 0 Å². The molecule has 2 bridgehead atoms. The highest BCUT2D eigenvalue weighted by Crippen LogP contribution is 2.42. The molecular formula is C14H26N2. The van der Waals surface area contributed by atoms with Crippen LogP contribution < -0.4 is 5.32 Å². The van der Waals surface area contributed by atoms with Crippen LogP contribution in [0.15, 0.2) is 12.2 Å². The zero-order valence-electron chi connectivity index (χ0n) is 10.8. The van der Waals surface area contributed by atoms with Crippen molar-refractivity contribution >= 4 is 0 Å². The summed E-state index contributed by atoms with van der Waals surface area (Å²) in [7, 11) is 4.30. The molecule has 2 heteroatoms. The van der Waals surface area contributed by atoms with Gasteiger partial charge in [-0.15, -0.1) is 0 Å². The molecule has 2 aliphatic rings. The third-order valence-electron chi connectivity index (χ3n) is 4.03. The van der Waals surface area contributed by atoms with Gasteiger partial charge in [0.05, 0.1) is 0 Å². The van der Waals surface area contributed by atoms with Gasteiger partial charge in [0.15, 0.2) is 0 Å². The smallest absolute Gasteiger partial charge is 0.00147 e. The van der Waals surface area contributed by atoms with Gasteiger partial charge in [0, 0.05) is 0 Å². The standard InChI is InChI=1S/C14H26N2/c1-16(2)8-4-3-7-15-11-14-10-12-5-6-13(14)9-12/h5-6,12-15H,3-4,7-11H2,1-2H3. The van der Waals surface area contributed by atoms with Crippen LogP contribution >= 0.6 is 0 Å². The van der Waals surface area contributed by atoms with Crippen molar-refractivity contribution in [3.05, 3.63) is 12.2 Å². The van der Waals surface area contributed by atoms with Gasteiger partial charge in [0.1, 0.15) is 0 Å². The van der Waals surface area contributed by atoms with Crippen LogP contribution in [0.5, 0.6) is 0 Å². The van der Waals surface area contributed by atoms with Crippen molar-refractivity contribution in [2.24, 2.45) is 17.8 Å². The van der Waals surface area contributed by atoms with Crippen LogP contribution in [0.1, 0.15) is 25.7 Å². The maximum atomic E-state index is 3.63. The Morgan fingerprint density at radius 3 is 2.69 bits per heavy atom. The van der Waals surface area contributed by atoms with Gasteiger partial charge in [-0.2, -0.15) is 0 Å². The highest BCUT2D eigenvalue weighted by molar-refractivity contribution is 5.10. The van der Waals surface area contributed by atoms with Crippen LogP contribution in [0, 0.1) is 17.8 Å². The molecular weight excluding hydrogens is 196 g/mol. The first-order chi connectivity index (χ1) is 7.75. The minimum absolute atomic E-state index is 0.902. The van der Waals surface area contributed by atoms with Crippen molar-refractivity contribution in [1.82, 2.24) is 10.2 Å². The van der Waals surface area contributed by atoms with Gasteiger partial charge in [-0.05, 0) is 77.2 Å². The monoisotopic (exact) mass is 222 g/mol. The minimum atomic E-state index is 0.902. The molecule has 0 aliphatic heterocycles. The summed E-state index contributed by atoms with van der Waals surface area (Å²) in [6.45, 7) is 3.66. The molecule has 16 heavy (non-hydrogen) atoms. The molecule has 1 N–H and O–H groups in total. The molecule has 0 saturated heterocycles. The summed E-state index contributed by atoms with van der Waals surface area (Å²) < 4.78 is 0. The SMILES string of the molecule is CN(C)CCCCNCC1CC2C=CC1C2. The normalized spacial score (nSPS) is 31.8. The lowest BCUT2D eigenvalue weighted by Gasteiger charge is -2.18. The van der Waals surface area contributed by atoms with E-state index in [-0.39, 0.29) is 0 Å². The van der Waals surface area contributed by atoms with Crippen molar-refractivity contribution in [3.8, 4) is 0 Å². The molecule has 0 heterocycles. The van der Waals surface area contributed by atoms with Crippen molar-refractivity contribution in [1.29, 1.82) is 0 Å². The molecule has 3 unspecified atom stereocenters. The molecule has 2 nitrogen and oxygen atoms in total. The van der Waals surface area contributed by atoms with Gasteiger partial charge in [-0.1, -0.05) is 12.2 Å². The van der Waals surface area contributed by atoms with E-state index < -0.39 is 0 Å². The van der Waals surface area contributed by atoms with Crippen molar-refractivity contribution in [2.45, 2.75) is 25.7 Å². The third kappa shape index (κ3) is 3.33. The number of hydrogen-bond donors (Lipinski definition) is 1. The fourth-order valence-electron chi connectivity index (χ4n) is 3.09. The summed E-state index contributed by atoms with van der Waals surface area (Å²) in [5.74, 6) is 2.76. The molecule has 92 valence electrons. The number of unbranched alkanes of at least 4 members (excludes halogenated alkanes) is 1. The second kappa shape index (κ2) is 5.83. The van der Waals surface area contributed by atoms with E-state index in [1.165, 1.54) is 45.3 Å². The van der Waals surface area contributed by atoms with Crippen molar-refractivity contribution in [3.63, 3.8) is 0 Å². The lowest BCUT2D eigenvalue weighted by Crippen LogP contribution is -2.26. The Hall–Kier alpha value is -0.340. The van der Waals surface area contributed by atoms with Gasteiger partial charge in [-0.25, -0.2) is 0 Å². The van der Waals surface area contributed by atoms with Gasteiger partial charge in [-0.3, -0.25) is 0 Å². The topological polar surface area (TPSA) is 15.3 Å². The fraction of sp³-hybridized carbons (Fsp3) is 0.857. The summed E-state index contributed by atoms with van der Waals surface area (Å²) in [5.41, 5.74) is 0. The lowest BCUT2D eigenvalue weighted by molar-refractivity contribution is 0.380. The Kier molecular flexibility index (Phi) is 4.42. The summed E-state index contributed by atoms with van der Waals surface area (Å²) in [4.78, 5) is 2.26. The average Bonchev–Trinajstić information content (AvgIpc) is 2.84. The highest BCUT2D eigenvalue weighted by Gasteiger charge is 2.34. The molecule has 1 fully saturated rings. The van der Waals surface area contributed by atoms with Crippen LogP contribution in [0.3, 0.4) is 0 Å². The number of nitrogens with one attached hydrogen (secondary N) is 1. The zero-order chi connectivity index (χ0) is 11.4. The first kappa shape index (κ1) is 12.1. The van der Waals surface area contributed by atoms with E-state index in [2.05, 4.69) is 36.5 Å². The largest absolute Gasteiger partial charge is 0.316 e. The maximum absolute atomic E-state index is 3.63. The summed E-state index contributed by atoms with van der Waals surface area (Å²) in [5, 5.41) is 3.63. The molecule has 0 radical (unpaired) electrons. The van der Waals surface area contributed by atoms with E-state index in [0.29, 0.717) is 0 Å². The Morgan fingerprint density at radius 2 is 2.06 bits per heavy atom. The molecule has 1 saturated carbocycles. The number of fused-ring (bicyclic) bond motifs is 2. The predicted octanol–water partition coefficient (Wildman–Crippen LogP) is 2.13. The van der Waals surface area contributed by atoms with E-state index in [9.17, 15) is 0 Å². The fourth-order valence-corrected chi connectivity index (χ4v) is 3.09. The molecule has 2 aliphatic carbocycles. The average molecular weight is 222 g/mol. The van der Waals surface area contributed by atoms with E-state index >= 15 is 0 Å². The van der Waals surface area contributed by atoms with E-state index in [0.717, 1.165) is 17.8 Å². The predicted molar refractivity (Wildman–Crippen MR) is 69.5 cm³/mol. The second-order valence-electron chi connectivity index (χ2n) is 5.75. The first-order valence-corrected chi connectivity index (χ1v) is 6.79. The van der Waals surface area contributed by atoms with Crippen LogP contribution in [0.25, 0.3) is 0 Å². The Morgan fingerprint density at radius 1 is 1.19 bits per heavy atom. The number of rotatable bonds is 7.